The number of esters is 1. The average molecular weight is 535 g/mol. The number of anilines is 1. The number of ether oxygens (including phenoxy) is 1. The van der Waals surface area contributed by atoms with E-state index in [-0.39, 0.29) is 0 Å². The number of fused-ring (bicyclic) bond motifs is 2. The highest BCUT2D eigenvalue weighted by Crippen LogP contribution is 2.30. The predicted molar refractivity (Wildman–Crippen MR) is 147 cm³/mol. The van der Waals surface area contributed by atoms with Gasteiger partial charge in [-0.2, -0.15) is 0 Å². The summed E-state index contributed by atoms with van der Waals surface area (Å²) in [5.41, 5.74) is 4.66. The van der Waals surface area contributed by atoms with Crippen LogP contribution in [0.15, 0.2) is 53.9 Å². The number of aromatic nitrogens is 2. The molecule has 0 saturated heterocycles. The summed E-state index contributed by atoms with van der Waals surface area (Å²) in [7, 11) is 0. The minimum absolute atomic E-state index is 0.337. The number of nitrogens with one attached hydrogen (secondary N) is 1. The predicted octanol–water partition coefficient (Wildman–Crippen LogP) is 5.96. The van der Waals surface area contributed by atoms with Gasteiger partial charge in [0.25, 0.3) is 5.91 Å². The number of nitrogens with zero attached hydrogens (tertiary/aromatic N) is 3. The van der Waals surface area contributed by atoms with E-state index in [2.05, 4.69) is 29.0 Å². The Morgan fingerprint density at radius 3 is 2.59 bits per heavy atom. The zero-order valence-electron chi connectivity index (χ0n) is 20.8. The molecular formula is C28H27ClN4O3S. The Balaban J connectivity index is 1.35. The number of para-hydroxylation sites is 1. The van der Waals surface area contributed by atoms with E-state index in [1.807, 2.05) is 41.8 Å². The molecule has 0 spiro atoms. The number of carbonyl (C=O) groups is 2. The van der Waals surface area contributed by atoms with Crippen LogP contribution in [0.1, 0.15) is 42.4 Å². The Bertz CT molecular complexity index is 1470. The van der Waals surface area contributed by atoms with Crippen LogP contribution in [0.4, 0.5) is 5.13 Å². The fraction of sp³-hybridized carbons (Fsp3) is 0.286. The fourth-order valence-corrected chi connectivity index (χ4v) is 5.30. The van der Waals surface area contributed by atoms with Crippen LogP contribution in [-0.4, -0.2) is 45.4 Å². The average Bonchev–Trinajstić information content (AvgIpc) is 3.35. The summed E-state index contributed by atoms with van der Waals surface area (Å²) in [5, 5.41) is 6.42. The van der Waals surface area contributed by atoms with Crippen molar-refractivity contribution in [1.29, 1.82) is 0 Å². The Morgan fingerprint density at radius 1 is 1.08 bits per heavy atom. The maximum Gasteiger partial charge on any atom is 0.339 e. The minimum atomic E-state index is -1.01. The standard InChI is InChI=1S/C28H27ClN4O3S/c1-16(2)33-13-12-23-21(14-33)25(20-6-4-5-7-22(20)30-23)27(35)36-17(3)26(34)32-28-31-24(15-37-28)18-8-10-19(29)11-9-18/h4-11,15-17H,12-14H2,1-3H3,(H,31,32,34). The van der Waals surface area contributed by atoms with E-state index in [0.29, 0.717) is 28.3 Å². The summed E-state index contributed by atoms with van der Waals surface area (Å²) in [6.07, 6.45) is -0.253. The molecule has 190 valence electrons. The molecule has 1 aliphatic rings. The van der Waals surface area contributed by atoms with Crippen LogP contribution >= 0.6 is 22.9 Å². The third-order valence-corrected chi connectivity index (χ3v) is 7.55. The van der Waals surface area contributed by atoms with Crippen LogP contribution in [-0.2, 0) is 22.5 Å². The van der Waals surface area contributed by atoms with Gasteiger partial charge in [0.2, 0.25) is 0 Å². The van der Waals surface area contributed by atoms with Crippen molar-refractivity contribution in [3.8, 4) is 11.3 Å². The van der Waals surface area contributed by atoms with Gasteiger partial charge < -0.3 is 4.74 Å². The number of benzene rings is 2. The Labute approximate surface area is 224 Å². The molecule has 1 amide bonds. The van der Waals surface area contributed by atoms with Gasteiger partial charge in [-0.25, -0.2) is 9.78 Å². The fourth-order valence-electron chi connectivity index (χ4n) is 4.45. The first kappa shape index (κ1) is 25.3. The molecule has 1 N–H and O–H groups in total. The van der Waals surface area contributed by atoms with Gasteiger partial charge in [-0.1, -0.05) is 41.9 Å². The maximum atomic E-state index is 13.5. The lowest BCUT2D eigenvalue weighted by atomic mass is 9.95. The van der Waals surface area contributed by atoms with Gasteiger partial charge in [0.1, 0.15) is 0 Å². The van der Waals surface area contributed by atoms with E-state index < -0.39 is 18.0 Å². The molecule has 0 saturated carbocycles. The first-order valence-corrected chi connectivity index (χ1v) is 13.4. The number of hydrogen-bond donors (Lipinski definition) is 1. The third-order valence-electron chi connectivity index (χ3n) is 6.54. The van der Waals surface area contributed by atoms with Crippen molar-refractivity contribution < 1.29 is 14.3 Å². The summed E-state index contributed by atoms with van der Waals surface area (Å²) in [6.45, 7) is 7.34. The Morgan fingerprint density at radius 2 is 1.84 bits per heavy atom. The number of thiazole rings is 1. The van der Waals surface area contributed by atoms with Crippen LogP contribution in [0.2, 0.25) is 5.02 Å². The second-order valence-electron chi connectivity index (χ2n) is 9.33. The number of carbonyl (C=O) groups excluding carboxylic acids is 2. The molecule has 1 aliphatic heterocycles. The second-order valence-corrected chi connectivity index (χ2v) is 10.6. The molecule has 1 unspecified atom stereocenters. The van der Waals surface area contributed by atoms with Gasteiger partial charge in [0, 0.05) is 58.2 Å². The van der Waals surface area contributed by atoms with Crippen molar-refractivity contribution in [2.24, 2.45) is 0 Å². The highest BCUT2D eigenvalue weighted by molar-refractivity contribution is 7.14. The molecule has 2 aromatic heterocycles. The van der Waals surface area contributed by atoms with Crippen molar-refractivity contribution >= 4 is 50.8 Å². The highest BCUT2D eigenvalue weighted by atomic mass is 35.5. The molecule has 5 rings (SSSR count). The molecule has 0 fully saturated rings. The van der Waals surface area contributed by atoms with Crippen molar-refractivity contribution in [2.75, 3.05) is 11.9 Å². The molecule has 37 heavy (non-hydrogen) atoms. The number of halogens is 1. The summed E-state index contributed by atoms with van der Waals surface area (Å²) in [6, 6.07) is 15.2. The summed E-state index contributed by atoms with van der Waals surface area (Å²) < 4.78 is 5.71. The molecule has 0 radical (unpaired) electrons. The summed E-state index contributed by atoms with van der Waals surface area (Å²) in [4.78, 5) is 38.0. The van der Waals surface area contributed by atoms with Gasteiger partial charge in [-0.15, -0.1) is 11.3 Å². The Kier molecular flexibility index (Phi) is 7.24. The molecule has 3 heterocycles. The van der Waals surface area contributed by atoms with Gasteiger partial charge in [0.15, 0.2) is 11.2 Å². The monoisotopic (exact) mass is 534 g/mol. The van der Waals surface area contributed by atoms with E-state index in [1.165, 1.54) is 11.3 Å². The quantitative estimate of drug-likeness (QED) is 0.307. The largest absolute Gasteiger partial charge is 0.449 e. The lowest BCUT2D eigenvalue weighted by Gasteiger charge is -2.32. The van der Waals surface area contributed by atoms with Crippen molar-refractivity contribution in [3.05, 3.63) is 75.8 Å². The molecule has 0 bridgehead atoms. The van der Waals surface area contributed by atoms with Gasteiger partial charge >= 0.3 is 5.97 Å². The van der Waals surface area contributed by atoms with Crippen LogP contribution < -0.4 is 5.32 Å². The normalized spacial score (nSPS) is 14.4. The van der Waals surface area contributed by atoms with Crippen molar-refractivity contribution in [2.45, 2.75) is 45.9 Å². The maximum absolute atomic E-state index is 13.5. The molecule has 9 heteroatoms. The van der Waals surface area contributed by atoms with Crippen LogP contribution in [0, 0.1) is 0 Å². The minimum Gasteiger partial charge on any atom is -0.449 e. The van der Waals surface area contributed by atoms with Crippen LogP contribution in [0.3, 0.4) is 0 Å². The number of hydrogen-bond acceptors (Lipinski definition) is 7. The topological polar surface area (TPSA) is 84.4 Å². The summed E-state index contributed by atoms with van der Waals surface area (Å²) in [5.74, 6) is -0.967. The lowest BCUT2D eigenvalue weighted by molar-refractivity contribution is -0.123. The SMILES string of the molecule is CC(OC(=O)c1c2c(nc3ccccc13)CCN(C(C)C)C2)C(=O)Nc1nc(-c2ccc(Cl)cc2)cs1. The van der Waals surface area contributed by atoms with E-state index >= 15 is 0 Å². The van der Waals surface area contributed by atoms with E-state index in [4.69, 9.17) is 21.3 Å². The van der Waals surface area contributed by atoms with E-state index in [9.17, 15) is 9.59 Å². The van der Waals surface area contributed by atoms with Gasteiger partial charge in [-0.05, 0) is 39.0 Å². The second kappa shape index (κ2) is 10.6. The number of rotatable bonds is 6. The summed E-state index contributed by atoms with van der Waals surface area (Å²) >= 11 is 7.27. The van der Waals surface area contributed by atoms with Gasteiger partial charge in [0.05, 0.1) is 16.8 Å². The van der Waals surface area contributed by atoms with E-state index in [1.54, 1.807) is 19.1 Å². The molecule has 1 atom stereocenters. The van der Waals surface area contributed by atoms with Crippen LogP contribution in [0.5, 0.6) is 0 Å². The first-order valence-electron chi connectivity index (χ1n) is 12.2. The highest BCUT2D eigenvalue weighted by Gasteiger charge is 2.29. The smallest absolute Gasteiger partial charge is 0.339 e. The Hall–Kier alpha value is -3.33. The van der Waals surface area contributed by atoms with Gasteiger partial charge in [-0.3, -0.25) is 20.0 Å². The molecule has 2 aromatic carbocycles. The number of pyridine rings is 1. The molecule has 7 nitrogen and oxygen atoms in total. The van der Waals surface area contributed by atoms with Crippen LogP contribution in [0.25, 0.3) is 22.2 Å². The van der Waals surface area contributed by atoms with Crippen molar-refractivity contribution in [3.63, 3.8) is 0 Å². The third kappa shape index (κ3) is 5.37. The first-order chi connectivity index (χ1) is 17.8. The molecular weight excluding hydrogens is 508 g/mol. The molecule has 0 aliphatic carbocycles. The van der Waals surface area contributed by atoms with Crippen molar-refractivity contribution in [1.82, 2.24) is 14.9 Å². The lowest BCUT2D eigenvalue weighted by Crippen LogP contribution is -2.37. The number of amides is 1. The zero-order valence-corrected chi connectivity index (χ0v) is 22.4. The molecule has 4 aromatic rings. The zero-order chi connectivity index (χ0) is 26.1. The van der Waals surface area contributed by atoms with E-state index in [0.717, 1.165) is 46.4 Å².